The predicted octanol–water partition coefficient (Wildman–Crippen LogP) is 3.88. The van der Waals surface area contributed by atoms with E-state index in [-0.39, 0.29) is 0 Å². The van der Waals surface area contributed by atoms with Gasteiger partial charge in [-0.25, -0.2) is 0 Å². The van der Waals surface area contributed by atoms with Gasteiger partial charge in [-0.15, -0.1) is 0 Å². The highest BCUT2D eigenvalue weighted by Gasteiger charge is 2.22. The molecule has 1 aliphatic heterocycles. The summed E-state index contributed by atoms with van der Waals surface area (Å²) in [7, 11) is 2.06. The molecule has 1 fully saturated rings. The van der Waals surface area contributed by atoms with Crippen molar-refractivity contribution in [2.24, 2.45) is 11.8 Å². The lowest BCUT2D eigenvalue weighted by Gasteiger charge is -2.36. The summed E-state index contributed by atoms with van der Waals surface area (Å²) in [4.78, 5) is 2.64. The number of nitrogens with zero attached hydrogens (tertiary/aromatic N) is 1. The Labute approximate surface area is 130 Å². The molecule has 1 saturated heterocycles. The van der Waals surface area contributed by atoms with Crippen molar-refractivity contribution in [3.63, 3.8) is 0 Å². The van der Waals surface area contributed by atoms with E-state index in [9.17, 15) is 0 Å². The van der Waals surface area contributed by atoms with E-state index in [1.165, 1.54) is 50.0 Å². The number of benzene rings is 1. The lowest BCUT2D eigenvalue weighted by Crippen LogP contribution is -2.38. The van der Waals surface area contributed by atoms with Gasteiger partial charge in [0.25, 0.3) is 0 Å². The fourth-order valence-electron chi connectivity index (χ4n) is 3.45. The Balaban J connectivity index is 1.90. The van der Waals surface area contributed by atoms with E-state index in [0.29, 0.717) is 6.04 Å². The molecule has 0 spiro atoms. The first-order valence-corrected chi connectivity index (χ1v) is 8.57. The topological polar surface area (TPSA) is 15.3 Å². The van der Waals surface area contributed by atoms with Gasteiger partial charge in [0.05, 0.1) is 0 Å². The molecule has 0 aromatic heterocycles. The van der Waals surface area contributed by atoms with Gasteiger partial charge in [-0.1, -0.05) is 38.1 Å². The highest BCUT2D eigenvalue weighted by molar-refractivity contribution is 5.25. The van der Waals surface area contributed by atoms with E-state index in [2.05, 4.69) is 62.3 Å². The number of nitrogens with one attached hydrogen (secondary N) is 1. The van der Waals surface area contributed by atoms with Crippen LogP contribution in [-0.2, 0) is 6.42 Å². The maximum atomic E-state index is 3.32. The number of piperidine rings is 1. The van der Waals surface area contributed by atoms with Gasteiger partial charge >= 0.3 is 0 Å². The first-order chi connectivity index (χ1) is 10.1. The zero-order valence-electron chi connectivity index (χ0n) is 14.2. The summed E-state index contributed by atoms with van der Waals surface area (Å²) in [6, 6.07) is 9.86. The van der Waals surface area contributed by atoms with Crippen LogP contribution in [0.1, 0.15) is 50.8 Å². The smallest absolute Gasteiger partial charge is 0.0319 e. The minimum absolute atomic E-state index is 0.550. The molecule has 2 rings (SSSR count). The summed E-state index contributed by atoms with van der Waals surface area (Å²) in [5, 5.41) is 3.32. The summed E-state index contributed by atoms with van der Waals surface area (Å²) in [6.45, 7) is 10.6. The predicted molar refractivity (Wildman–Crippen MR) is 91.6 cm³/mol. The molecule has 0 amide bonds. The quantitative estimate of drug-likeness (QED) is 0.854. The van der Waals surface area contributed by atoms with Crippen LogP contribution in [0.3, 0.4) is 0 Å². The third-order valence-electron chi connectivity index (χ3n) is 4.80. The van der Waals surface area contributed by atoms with Crippen molar-refractivity contribution in [3.05, 3.63) is 35.4 Å². The minimum atomic E-state index is 0.550. The van der Waals surface area contributed by atoms with Gasteiger partial charge < -0.3 is 5.32 Å². The van der Waals surface area contributed by atoms with Crippen molar-refractivity contribution in [3.8, 4) is 0 Å². The minimum Gasteiger partial charge on any atom is -0.319 e. The zero-order chi connectivity index (χ0) is 15.2. The molecular weight excluding hydrogens is 256 g/mol. The van der Waals surface area contributed by atoms with E-state index < -0.39 is 0 Å². The number of hydrogen-bond donors (Lipinski definition) is 1. The molecule has 0 saturated carbocycles. The summed E-state index contributed by atoms with van der Waals surface area (Å²) in [5.41, 5.74) is 2.93. The molecule has 1 unspecified atom stereocenters. The normalized spacial score (nSPS) is 19.1. The Morgan fingerprint density at radius 2 is 1.71 bits per heavy atom. The molecule has 0 radical (unpaired) electrons. The van der Waals surface area contributed by atoms with Crippen LogP contribution in [0.15, 0.2) is 24.3 Å². The van der Waals surface area contributed by atoms with Crippen molar-refractivity contribution < 1.29 is 0 Å². The van der Waals surface area contributed by atoms with Gasteiger partial charge in [0.1, 0.15) is 0 Å². The Morgan fingerprint density at radius 3 is 2.24 bits per heavy atom. The molecule has 1 aromatic carbocycles. The van der Waals surface area contributed by atoms with E-state index in [1.807, 2.05) is 0 Å². The van der Waals surface area contributed by atoms with Crippen molar-refractivity contribution in [1.82, 2.24) is 10.2 Å². The number of rotatable bonds is 6. The molecular formula is C19H32N2. The van der Waals surface area contributed by atoms with Gasteiger partial charge in [0.2, 0.25) is 0 Å². The van der Waals surface area contributed by atoms with E-state index >= 15 is 0 Å². The fraction of sp³-hybridized carbons (Fsp3) is 0.684. The molecule has 0 aliphatic carbocycles. The van der Waals surface area contributed by atoms with Crippen LogP contribution in [0.2, 0.25) is 0 Å². The summed E-state index contributed by atoms with van der Waals surface area (Å²) in [5.74, 6) is 1.60. The van der Waals surface area contributed by atoms with Crippen LogP contribution in [0.5, 0.6) is 0 Å². The van der Waals surface area contributed by atoms with Crippen LogP contribution >= 0.6 is 0 Å². The lowest BCUT2D eigenvalue weighted by atomic mass is 9.94. The molecule has 1 heterocycles. The first-order valence-electron chi connectivity index (χ1n) is 8.57. The van der Waals surface area contributed by atoms with E-state index in [0.717, 1.165) is 11.8 Å². The molecule has 2 nitrogen and oxygen atoms in total. The average Bonchev–Trinajstić information content (AvgIpc) is 2.48. The Morgan fingerprint density at radius 1 is 1.10 bits per heavy atom. The van der Waals surface area contributed by atoms with Crippen molar-refractivity contribution in [2.45, 2.75) is 46.1 Å². The average molecular weight is 288 g/mol. The van der Waals surface area contributed by atoms with Crippen LogP contribution in [0.4, 0.5) is 0 Å². The zero-order valence-corrected chi connectivity index (χ0v) is 14.2. The molecule has 118 valence electrons. The first kappa shape index (κ1) is 16.5. The second kappa shape index (κ2) is 7.95. The van der Waals surface area contributed by atoms with Crippen LogP contribution in [-0.4, -0.2) is 31.6 Å². The highest BCUT2D eigenvalue weighted by Crippen LogP contribution is 2.26. The van der Waals surface area contributed by atoms with Gasteiger partial charge in [-0.2, -0.15) is 0 Å². The van der Waals surface area contributed by atoms with Crippen molar-refractivity contribution in [1.29, 1.82) is 0 Å². The summed E-state index contributed by atoms with van der Waals surface area (Å²) < 4.78 is 0. The molecule has 21 heavy (non-hydrogen) atoms. The van der Waals surface area contributed by atoms with E-state index in [1.54, 1.807) is 0 Å². The third-order valence-corrected chi connectivity index (χ3v) is 4.80. The molecule has 1 aromatic rings. The Hall–Kier alpha value is -0.860. The molecule has 0 bridgehead atoms. The van der Waals surface area contributed by atoms with Crippen molar-refractivity contribution in [2.75, 3.05) is 26.7 Å². The van der Waals surface area contributed by atoms with Gasteiger partial charge in [0.15, 0.2) is 0 Å². The second-order valence-corrected chi connectivity index (χ2v) is 7.05. The highest BCUT2D eigenvalue weighted by atomic mass is 15.2. The number of hydrogen-bond acceptors (Lipinski definition) is 2. The van der Waals surface area contributed by atoms with Crippen molar-refractivity contribution >= 4 is 0 Å². The maximum absolute atomic E-state index is 3.32. The van der Waals surface area contributed by atoms with Gasteiger partial charge in [-0.3, -0.25) is 4.90 Å². The summed E-state index contributed by atoms with van der Waals surface area (Å²) >= 11 is 0. The second-order valence-electron chi connectivity index (χ2n) is 7.05. The Bertz CT molecular complexity index is 402. The fourth-order valence-corrected chi connectivity index (χ4v) is 3.45. The van der Waals surface area contributed by atoms with Gasteiger partial charge in [-0.05, 0) is 75.8 Å². The molecule has 1 atom stereocenters. The largest absolute Gasteiger partial charge is 0.319 e. The molecule has 2 heteroatoms. The van der Waals surface area contributed by atoms with E-state index in [4.69, 9.17) is 0 Å². The Kier molecular flexibility index (Phi) is 6.25. The standard InChI is InChI=1S/C19H32N2/c1-15(2)13-17-5-7-19(8-6-17)16(3)21-11-9-18(10-12-21)14-20-4/h5-8,15-16,18,20H,9-14H2,1-4H3. The lowest BCUT2D eigenvalue weighted by molar-refractivity contribution is 0.141. The molecule has 1 N–H and O–H groups in total. The third kappa shape index (κ3) is 4.82. The van der Waals surface area contributed by atoms with Gasteiger partial charge in [0, 0.05) is 6.04 Å². The number of likely N-dealkylation sites (tertiary alicyclic amines) is 1. The molecule has 1 aliphatic rings. The SMILES string of the molecule is CNCC1CCN(C(C)c2ccc(CC(C)C)cc2)CC1. The van der Waals surface area contributed by atoms with Crippen LogP contribution in [0.25, 0.3) is 0 Å². The maximum Gasteiger partial charge on any atom is 0.0319 e. The summed E-state index contributed by atoms with van der Waals surface area (Å²) in [6.07, 6.45) is 3.84. The van der Waals surface area contributed by atoms with Crippen LogP contribution in [0, 0.1) is 11.8 Å². The monoisotopic (exact) mass is 288 g/mol. The van der Waals surface area contributed by atoms with Crippen LogP contribution < -0.4 is 5.32 Å².